The van der Waals surface area contributed by atoms with Gasteiger partial charge >= 0.3 is 8.56 Å². The Bertz CT molecular complexity index is 185. The van der Waals surface area contributed by atoms with Gasteiger partial charge in [-0.1, -0.05) is 38.2 Å². The molecule has 0 saturated carbocycles. The molecular weight excluding hydrogens is 228 g/mol. The van der Waals surface area contributed by atoms with Crippen molar-refractivity contribution in [1.82, 2.24) is 0 Å². The predicted molar refractivity (Wildman–Crippen MR) is 77.6 cm³/mol. The van der Waals surface area contributed by atoms with Gasteiger partial charge in [0.15, 0.2) is 0 Å². The smallest absolute Gasteiger partial charge is 0.334 e. The molecule has 102 valence electrons. The van der Waals surface area contributed by atoms with Crippen LogP contribution >= 0.6 is 0 Å². The molecule has 0 aliphatic carbocycles. The minimum Gasteiger partial charge on any atom is -0.398 e. The Morgan fingerprint density at radius 2 is 1.65 bits per heavy atom. The second-order valence-electron chi connectivity index (χ2n) is 4.72. The van der Waals surface area contributed by atoms with Crippen molar-refractivity contribution < 1.29 is 8.85 Å². The van der Waals surface area contributed by atoms with Crippen LogP contribution in [-0.2, 0) is 8.85 Å². The SMILES string of the molecule is C=CCCCCCCCC[Si](C)(OC)OCC. The van der Waals surface area contributed by atoms with Gasteiger partial charge in [-0.05, 0) is 32.4 Å². The summed E-state index contributed by atoms with van der Waals surface area (Å²) < 4.78 is 11.3. The first kappa shape index (κ1) is 16.9. The Morgan fingerprint density at radius 1 is 1.06 bits per heavy atom. The molecule has 0 aliphatic rings. The fourth-order valence-electron chi connectivity index (χ4n) is 1.98. The summed E-state index contributed by atoms with van der Waals surface area (Å²) >= 11 is 0. The third-order valence-electron chi connectivity index (χ3n) is 3.17. The number of hydrogen-bond acceptors (Lipinski definition) is 2. The molecule has 1 atom stereocenters. The summed E-state index contributed by atoms with van der Waals surface area (Å²) in [6.07, 6.45) is 11.1. The molecular formula is C14H30O2Si. The molecule has 0 radical (unpaired) electrons. The quantitative estimate of drug-likeness (QED) is 0.288. The summed E-state index contributed by atoms with van der Waals surface area (Å²) in [5.74, 6) is 0. The molecule has 0 spiro atoms. The molecule has 17 heavy (non-hydrogen) atoms. The Hall–Kier alpha value is -0.123. The molecule has 1 unspecified atom stereocenters. The van der Waals surface area contributed by atoms with Gasteiger partial charge in [0.05, 0.1) is 0 Å². The zero-order valence-corrected chi connectivity index (χ0v) is 13.0. The third kappa shape index (κ3) is 9.57. The average Bonchev–Trinajstić information content (AvgIpc) is 2.33. The summed E-state index contributed by atoms with van der Waals surface area (Å²) in [5, 5.41) is 0. The zero-order chi connectivity index (χ0) is 13.0. The fourth-order valence-corrected chi connectivity index (χ4v) is 3.95. The van der Waals surface area contributed by atoms with E-state index in [1.54, 1.807) is 7.11 Å². The van der Waals surface area contributed by atoms with Crippen molar-refractivity contribution in [3.8, 4) is 0 Å². The first-order valence-corrected chi connectivity index (χ1v) is 9.51. The summed E-state index contributed by atoms with van der Waals surface area (Å²) in [5.41, 5.74) is 0. The molecule has 0 heterocycles. The molecule has 0 aromatic heterocycles. The van der Waals surface area contributed by atoms with Gasteiger partial charge < -0.3 is 8.85 Å². The normalized spacial score (nSPS) is 14.5. The maximum absolute atomic E-state index is 5.74. The van der Waals surface area contributed by atoms with Crippen LogP contribution in [0.25, 0.3) is 0 Å². The van der Waals surface area contributed by atoms with Crippen molar-refractivity contribution in [3.63, 3.8) is 0 Å². The summed E-state index contributed by atoms with van der Waals surface area (Å²) in [4.78, 5) is 0. The van der Waals surface area contributed by atoms with E-state index in [4.69, 9.17) is 8.85 Å². The van der Waals surface area contributed by atoms with Gasteiger partial charge in [0.2, 0.25) is 0 Å². The van der Waals surface area contributed by atoms with E-state index >= 15 is 0 Å². The monoisotopic (exact) mass is 258 g/mol. The minimum absolute atomic E-state index is 0.776. The lowest BCUT2D eigenvalue weighted by Gasteiger charge is -2.24. The van der Waals surface area contributed by atoms with Crippen LogP contribution in [0.4, 0.5) is 0 Å². The van der Waals surface area contributed by atoms with Crippen molar-refractivity contribution in [2.75, 3.05) is 13.7 Å². The van der Waals surface area contributed by atoms with Gasteiger partial charge in [0.1, 0.15) is 0 Å². The molecule has 2 nitrogen and oxygen atoms in total. The Kier molecular flexibility index (Phi) is 10.9. The predicted octanol–water partition coefficient (Wildman–Crippen LogP) is 4.66. The molecule has 0 aromatic rings. The third-order valence-corrected chi connectivity index (χ3v) is 6.20. The lowest BCUT2D eigenvalue weighted by Crippen LogP contribution is -2.37. The summed E-state index contributed by atoms with van der Waals surface area (Å²) in [6.45, 7) is 8.73. The summed E-state index contributed by atoms with van der Waals surface area (Å²) in [6, 6.07) is 1.13. The topological polar surface area (TPSA) is 18.5 Å². The van der Waals surface area contributed by atoms with Gasteiger partial charge in [-0.15, -0.1) is 6.58 Å². The molecule has 0 rings (SSSR count). The molecule has 0 N–H and O–H groups in total. The van der Waals surface area contributed by atoms with Crippen LogP contribution in [0.5, 0.6) is 0 Å². The number of unbranched alkanes of at least 4 members (excludes halogenated alkanes) is 6. The van der Waals surface area contributed by atoms with Crippen LogP contribution in [0.15, 0.2) is 12.7 Å². The van der Waals surface area contributed by atoms with E-state index in [1.165, 1.54) is 44.9 Å². The Morgan fingerprint density at radius 3 is 2.18 bits per heavy atom. The van der Waals surface area contributed by atoms with Crippen LogP contribution < -0.4 is 0 Å². The second-order valence-corrected chi connectivity index (χ2v) is 8.18. The van der Waals surface area contributed by atoms with Gasteiger partial charge in [0, 0.05) is 13.7 Å². The van der Waals surface area contributed by atoms with E-state index in [2.05, 4.69) is 13.1 Å². The molecule has 3 heteroatoms. The highest BCUT2D eigenvalue weighted by molar-refractivity contribution is 6.65. The fraction of sp³-hybridized carbons (Fsp3) is 0.857. The lowest BCUT2D eigenvalue weighted by atomic mass is 10.1. The van der Waals surface area contributed by atoms with Crippen LogP contribution in [-0.4, -0.2) is 22.3 Å². The first-order valence-electron chi connectivity index (χ1n) is 6.98. The van der Waals surface area contributed by atoms with Crippen molar-refractivity contribution in [2.45, 2.75) is 64.5 Å². The Balaban J connectivity index is 3.39. The van der Waals surface area contributed by atoms with Crippen LogP contribution in [0.3, 0.4) is 0 Å². The Labute approximate surface area is 109 Å². The van der Waals surface area contributed by atoms with Crippen molar-refractivity contribution in [3.05, 3.63) is 12.7 Å². The maximum atomic E-state index is 5.74. The first-order chi connectivity index (χ1) is 8.18. The van der Waals surface area contributed by atoms with Crippen LogP contribution in [0.1, 0.15) is 51.9 Å². The average molecular weight is 258 g/mol. The molecule has 0 saturated heterocycles. The molecule has 0 aliphatic heterocycles. The number of hydrogen-bond donors (Lipinski definition) is 0. The van der Waals surface area contributed by atoms with Crippen LogP contribution in [0.2, 0.25) is 12.6 Å². The van der Waals surface area contributed by atoms with E-state index in [-0.39, 0.29) is 0 Å². The van der Waals surface area contributed by atoms with E-state index in [1.807, 2.05) is 13.0 Å². The van der Waals surface area contributed by atoms with E-state index < -0.39 is 8.56 Å². The standard InChI is InChI=1S/C14H30O2Si/c1-5-7-8-9-10-11-12-13-14-17(4,15-3)16-6-2/h5H,1,6-14H2,2-4H3. The highest BCUT2D eigenvalue weighted by Crippen LogP contribution is 2.18. The van der Waals surface area contributed by atoms with Gasteiger partial charge in [-0.3, -0.25) is 0 Å². The highest BCUT2D eigenvalue weighted by atomic mass is 28.4. The maximum Gasteiger partial charge on any atom is 0.334 e. The highest BCUT2D eigenvalue weighted by Gasteiger charge is 2.28. The van der Waals surface area contributed by atoms with Gasteiger partial charge in [-0.25, -0.2) is 0 Å². The molecule has 0 amide bonds. The number of rotatable bonds is 12. The van der Waals surface area contributed by atoms with E-state index in [9.17, 15) is 0 Å². The van der Waals surface area contributed by atoms with Crippen LogP contribution in [0, 0.1) is 0 Å². The van der Waals surface area contributed by atoms with E-state index in [0.29, 0.717) is 0 Å². The minimum atomic E-state index is -1.82. The van der Waals surface area contributed by atoms with Crippen molar-refractivity contribution in [1.29, 1.82) is 0 Å². The second kappa shape index (κ2) is 11.0. The lowest BCUT2D eigenvalue weighted by molar-refractivity contribution is 0.214. The molecule has 0 fully saturated rings. The number of allylic oxidation sites excluding steroid dienone is 1. The van der Waals surface area contributed by atoms with Crippen molar-refractivity contribution >= 4 is 8.56 Å². The van der Waals surface area contributed by atoms with Crippen molar-refractivity contribution in [2.24, 2.45) is 0 Å². The van der Waals surface area contributed by atoms with Gasteiger partial charge in [-0.2, -0.15) is 0 Å². The van der Waals surface area contributed by atoms with E-state index in [0.717, 1.165) is 12.7 Å². The zero-order valence-electron chi connectivity index (χ0n) is 12.0. The molecule has 0 aromatic carbocycles. The largest absolute Gasteiger partial charge is 0.398 e. The summed E-state index contributed by atoms with van der Waals surface area (Å²) in [7, 11) is -0.0290. The molecule has 0 bridgehead atoms. The van der Waals surface area contributed by atoms with Gasteiger partial charge in [0.25, 0.3) is 0 Å².